The van der Waals surface area contributed by atoms with Gasteiger partial charge < -0.3 is 10.1 Å². The van der Waals surface area contributed by atoms with E-state index in [-0.39, 0.29) is 5.02 Å². The summed E-state index contributed by atoms with van der Waals surface area (Å²) in [6.07, 6.45) is 1.76. The summed E-state index contributed by atoms with van der Waals surface area (Å²) < 4.78 is 18.8. The van der Waals surface area contributed by atoms with Crippen LogP contribution in [-0.2, 0) is 6.54 Å². The van der Waals surface area contributed by atoms with Gasteiger partial charge in [-0.3, -0.25) is 4.98 Å². The van der Waals surface area contributed by atoms with Crippen LogP contribution in [0.1, 0.15) is 11.3 Å². The molecule has 0 saturated heterocycles. The van der Waals surface area contributed by atoms with Gasteiger partial charge >= 0.3 is 0 Å². The monoisotopic (exact) mass is 280 g/mol. The second kappa shape index (κ2) is 5.99. The molecular formula is C14H14ClFN2O. The Morgan fingerprint density at radius 1 is 1.37 bits per heavy atom. The molecule has 100 valence electrons. The lowest BCUT2D eigenvalue weighted by Crippen LogP contribution is -2.07. The molecule has 19 heavy (non-hydrogen) atoms. The van der Waals surface area contributed by atoms with Gasteiger partial charge in [-0.2, -0.15) is 0 Å². The van der Waals surface area contributed by atoms with E-state index in [1.54, 1.807) is 12.3 Å². The van der Waals surface area contributed by atoms with Gasteiger partial charge in [0.15, 0.2) is 0 Å². The fourth-order valence-electron chi connectivity index (χ4n) is 1.65. The Labute approximate surface area is 116 Å². The van der Waals surface area contributed by atoms with Crippen molar-refractivity contribution in [2.45, 2.75) is 13.5 Å². The molecule has 0 atom stereocenters. The minimum absolute atomic E-state index is 0.0402. The molecule has 2 rings (SSSR count). The lowest BCUT2D eigenvalue weighted by molar-refractivity contribution is 0.471. The van der Waals surface area contributed by atoms with Crippen molar-refractivity contribution in [2.75, 3.05) is 7.05 Å². The molecule has 0 aliphatic rings. The minimum Gasteiger partial charge on any atom is -0.457 e. The van der Waals surface area contributed by atoms with Crippen molar-refractivity contribution in [1.29, 1.82) is 0 Å². The van der Waals surface area contributed by atoms with Crippen LogP contribution in [0.15, 0.2) is 30.5 Å². The molecule has 1 heterocycles. The highest BCUT2D eigenvalue weighted by molar-refractivity contribution is 6.30. The van der Waals surface area contributed by atoms with Crippen molar-refractivity contribution in [3.05, 3.63) is 52.6 Å². The van der Waals surface area contributed by atoms with Gasteiger partial charge in [-0.15, -0.1) is 0 Å². The van der Waals surface area contributed by atoms with Crippen LogP contribution in [0.5, 0.6) is 11.5 Å². The summed E-state index contributed by atoms with van der Waals surface area (Å²) in [6, 6.07) is 6.11. The molecule has 0 saturated carbocycles. The zero-order valence-electron chi connectivity index (χ0n) is 10.7. The van der Waals surface area contributed by atoms with Crippen LogP contribution >= 0.6 is 11.6 Å². The number of ether oxygens (including phenoxy) is 1. The predicted octanol–water partition coefficient (Wildman–Crippen LogP) is 3.69. The van der Waals surface area contributed by atoms with Crippen LogP contribution in [0.3, 0.4) is 0 Å². The number of hydrogen-bond acceptors (Lipinski definition) is 3. The van der Waals surface area contributed by atoms with E-state index in [1.165, 1.54) is 12.1 Å². The Hall–Kier alpha value is -1.65. The van der Waals surface area contributed by atoms with E-state index in [0.717, 1.165) is 11.3 Å². The molecule has 1 aromatic heterocycles. The average Bonchev–Trinajstić information content (AvgIpc) is 2.37. The van der Waals surface area contributed by atoms with Crippen LogP contribution in [-0.4, -0.2) is 12.0 Å². The van der Waals surface area contributed by atoms with Crippen molar-refractivity contribution < 1.29 is 9.13 Å². The van der Waals surface area contributed by atoms with E-state index in [0.29, 0.717) is 18.0 Å². The van der Waals surface area contributed by atoms with Crippen LogP contribution in [0.4, 0.5) is 4.39 Å². The van der Waals surface area contributed by atoms with E-state index in [1.807, 2.05) is 20.0 Å². The van der Waals surface area contributed by atoms with Crippen molar-refractivity contribution >= 4 is 11.6 Å². The third-order valence-electron chi connectivity index (χ3n) is 2.57. The number of rotatable bonds is 4. The number of pyridine rings is 1. The minimum atomic E-state index is -0.463. The van der Waals surface area contributed by atoms with E-state index < -0.39 is 5.82 Å². The summed E-state index contributed by atoms with van der Waals surface area (Å²) in [6.45, 7) is 2.52. The van der Waals surface area contributed by atoms with Crippen LogP contribution in [0.2, 0.25) is 5.02 Å². The quantitative estimate of drug-likeness (QED) is 0.927. The summed E-state index contributed by atoms with van der Waals surface area (Å²) in [4.78, 5) is 4.23. The SMILES string of the molecule is CNCc1cnc(C)cc1Oc1ccc(F)c(Cl)c1. The second-order valence-electron chi connectivity index (χ2n) is 4.14. The molecule has 0 spiro atoms. The summed E-state index contributed by atoms with van der Waals surface area (Å²) >= 11 is 5.73. The maximum atomic E-state index is 13.1. The fraction of sp³-hybridized carbons (Fsp3) is 0.214. The number of hydrogen-bond donors (Lipinski definition) is 1. The normalized spacial score (nSPS) is 10.5. The molecule has 0 unspecified atom stereocenters. The van der Waals surface area contributed by atoms with Gasteiger partial charge in [0.2, 0.25) is 0 Å². The van der Waals surface area contributed by atoms with E-state index in [2.05, 4.69) is 10.3 Å². The third kappa shape index (κ3) is 3.43. The maximum absolute atomic E-state index is 13.1. The number of halogens is 2. The van der Waals surface area contributed by atoms with E-state index in [4.69, 9.17) is 16.3 Å². The number of nitrogens with zero attached hydrogens (tertiary/aromatic N) is 1. The first-order valence-corrected chi connectivity index (χ1v) is 6.21. The highest BCUT2D eigenvalue weighted by Gasteiger charge is 2.08. The highest BCUT2D eigenvalue weighted by atomic mass is 35.5. The van der Waals surface area contributed by atoms with Gasteiger partial charge in [-0.05, 0) is 26.1 Å². The summed E-state index contributed by atoms with van der Waals surface area (Å²) in [7, 11) is 1.85. The zero-order chi connectivity index (χ0) is 13.8. The molecule has 0 aliphatic heterocycles. The number of aromatic nitrogens is 1. The lowest BCUT2D eigenvalue weighted by atomic mass is 10.2. The predicted molar refractivity (Wildman–Crippen MR) is 73.2 cm³/mol. The first kappa shape index (κ1) is 13.8. The number of nitrogens with one attached hydrogen (secondary N) is 1. The Bertz CT molecular complexity index is 590. The largest absolute Gasteiger partial charge is 0.457 e. The van der Waals surface area contributed by atoms with Gasteiger partial charge in [-0.25, -0.2) is 4.39 Å². The first-order valence-electron chi connectivity index (χ1n) is 5.83. The van der Waals surface area contributed by atoms with Gasteiger partial charge in [0.1, 0.15) is 17.3 Å². The Morgan fingerprint density at radius 2 is 2.16 bits per heavy atom. The standard InChI is InChI=1S/C14H14ClFN2O/c1-9-5-14(10(7-17-2)8-18-9)19-11-3-4-13(16)12(15)6-11/h3-6,8,17H,7H2,1-2H3. The van der Waals surface area contributed by atoms with Gasteiger partial charge in [-0.1, -0.05) is 11.6 Å². The molecule has 0 radical (unpaired) electrons. The van der Waals surface area contributed by atoms with Crippen molar-refractivity contribution in [3.8, 4) is 11.5 Å². The van der Waals surface area contributed by atoms with Crippen LogP contribution < -0.4 is 10.1 Å². The number of aryl methyl sites for hydroxylation is 1. The first-order chi connectivity index (χ1) is 9.10. The molecular weight excluding hydrogens is 267 g/mol. The topological polar surface area (TPSA) is 34.2 Å². The smallest absolute Gasteiger partial charge is 0.142 e. The van der Waals surface area contributed by atoms with Gasteiger partial charge in [0.25, 0.3) is 0 Å². The molecule has 1 aromatic carbocycles. The van der Waals surface area contributed by atoms with Crippen molar-refractivity contribution in [1.82, 2.24) is 10.3 Å². The van der Waals surface area contributed by atoms with Crippen molar-refractivity contribution in [2.24, 2.45) is 0 Å². The fourth-order valence-corrected chi connectivity index (χ4v) is 1.82. The Morgan fingerprint density at radius 3 is 2.84 bits per heavy atom. The molecule has 0 aliphatic carbocycles. The molecule has 5 heteroatoms. The number of benzene rings is 1. The zero-order valence-corrected chi connectivity index (χ0v) is 11.5. The molecule has 0 fully saturated rings. The van der Waals surface area contributed by atoms with Gasteiger partial charge in [0.05, 0.1) is 5.02 Å². The summed E-state index contributed by atoms with van der Waals surface area (Å²) in [5.74, 6) is 0.717. The molecule has 2 aromatic rings. The van der Waals surface area contributed by atoms with Crippen LogP contribution in [0.25, 0.3) is 0 Å². The maximum Gasteiger partial charge on any atom is 0.142 e. The summed E-state index contributed by atoms with van der Waals surface area (Å²) in [5, 5.41) is 3.08. The van der Waals surface area contributed by atoms with E-state index >= 15 is 0 Å². The Kier molecular flexibility index (Phi) is 4.35. The average molecular weight is 281 g/mol. The molecule has 0 amide bonds. The molecule has 1 N–H and O–H groups in total. The lowest BCUT2D eigenvalue weighted by Gasteiger charge is -2.11. The molecule has 3 nitrogen and oxygen atoms in total. The summed E-state index contributed by atoms with van der Waals surface area (Å²) in [5.41, 5.74) is 1.77. The van der Waals surface area contributed by atoms with Crippen LogP contribution in [0, 0.1) is 12.7 Å². The second-order valence-corrected chi connectivity index (χ2v) is 4.55. The molecule has 0 bridgehead atoms. The van der Waals surface area contributed by atoms with Crippen molar-refractivity contribution in [3.63, 3.8) is 0 Å². The third-order valence-corrected chi connectivity index (χ3v) is 2.86. The van der Waals surface area contributed by atoms with E-state index in [9.17, 15) is 4.39 Å². The van der Waals surface area contributed by atoms with Gasteiger partial charge in [0, 0.05) is 36.1 Å². The Balaban J connectivity index is 2.30. The highest BCUT2D eigenvalue weighted by Crippen LogP contribution is 2.28.